The monoisotopic (exact) mass is 520 g/mol. The standard InChI is InChI=1S/C12H18O2.C9H12O2.C8H14O4/c1-12(2,3)10-8-9(13-4)6-7-11(10)14-5;1-7-6-8(10-2)4-5-9(7)11-3;1-9-5-3-11-8-6(10-2)4-12-7(5)8/h6-8H,1-5H3;4-6H,1-3H3;5-8H,3-4H2,1-2H3/t;;5-,6-,7-,8-/m..1/s1. The molecule has 0 unspecified atom stereocenters. The maximum Gasteiger partial charge on any atom is 0.122 e. The van der Waals surface area contributed by atoms with E-state index >= 15 is 0 Å². The SMILES string of the molecule is CO[C@@H]1CO[C@H]2[C@@H]1OC[C@H]2OC.COc1ccc(OC)c(C(C)(C)C)c1.COc1ccc(OC)c(C)c1. The number of ether oxygens (including phenoxy) is 8. The van der Waals surface area contributed by atoms with Gasteiger partial charge in [-0.05, 0) is 54.3 Å². The number of rotatable bonds is 6. The highest BCUT2D eigenvalue weighted by Gasteiger charge is 2.48. The number of benzene rings is 2. The number of aryl methyl sites for hydroxylation is 1. The Morgan fingerprint density at radius 3 is 1.49 bits per heavy atom. The highest BCUT2D eigenvalue weighted by atomic mass is 16.6. The summed E-state index contributed by atoms with van der Waals surface area (Å²) in [5.74, 6) is 3.54. The Morgan fingerprint density at radius 1 is 0.649 bits per heavy atom. The van der Waals surface area contributed by atoms with Crippen LogP contribution in [-0.4, -0.2) is 80.3 Å². The lowest BCUT2D eigenvalue weighted by Crippen LogP contribution is -2.32. The van der Waals surface area contributed by atoms with Crippen LogP contribution in [0.5, 0.6) is 23.0 Å². The van der Waals surface area contributed by atoms with Gasteiger partial charge in [-0.15, -0.1) is 0 Å². The van der Waals surface area contributed by atoms with Crippen molar-refractivity contribution in [3.8, 4) is 23.0 Å². The van der Waals surface area contributed by atoms with Crippen LogP contribution in [0.3, 0.4) is 0 Å². The lowest BCUT2D eigenvalue weighted by Gasteiger charge is -2.22. The van der Waals surface area contributed by atoms with E-state index in [-0.39, 0.29) is 29.8 Å². The Labute approximate surface area is 222 Å². The summed E-state index contributed by atoms with van der Waals surface area (Å²) in [6.45, 7) is 9.69. The van der Waals surface area contributed by atoms with E-state index in [0.29, 0.717) is 13.2 Å². The van der Waals surface area contributed by atoms with Crippen molar-refractivity contribution in [1.82, 2.24) is 0 Å². The minimum atomic E-state index is 0.0693. The van der Waals surface area contributed by atoms with E-state index in [1.807, 2.05) is 43.3 Å². The summed E-state index contributed by atoms with van der Waals surface area (Å²) in [6.07, 6.45) is 0.296. The highest BCUT2D eigenvalue weighted by Crippen LogP contribution is 2.34. The molecule has 4 atom stereocenters. The second-order valence-corrected chi connectivity index (χ2v) is 9.80. The first-order valence-corrected chi connectivity index (χ1v) is 12.3. The predicted molar refractivity (Wildman–Crippen MR) is 144 cm³/mol. The van der Waals surface area contributed by atoms with Gasteiger partial charge >= 0.3 is 0 Å². The van der Waals surface area contributed by atoms with Crippen molar-refractivity contribution >= 4 is 0 Å². The van der Waals surface area contributed by atoms with Crippen LogP contribution >= 0.6 is 0 Å². The van der Waals surface area contributed by atoms with Gasteiger partial charge in [-0.1, -0.05) is 20.8 Å². The number of hydrogen-bond donors (Lipinski definition) is 0. The molecule has 208 valence electrons. The first-order chi connectivity index (χ1) is 17.6. The minimum Gasteiger partial charge on any atom is -0.497 e. The molecule has 2 aromatic rings. The number of fused-ring (bicyclic) bond motifs is 1. The fourth-order valence-corrected chi connectivity index (χ4v) is 4.21. The molecule has 0 amide bonds. The summed E-state index contributed by atoms with van der Waals surface area (Å²) < 4.78 is 42.1. The molecular formula is C29H44O8. The Bertz CT molecular complexity index is 937. The van der Waals surface area contributed by atoms with Crippen LogP contribution < -0.4 is 18.9 Å². The quantitative estimate of drug-likeness (QED) is 0.537. The summed E-state index contributed by atoms with van der Waals surface area (Å²) in [6, 6.07) is 11.6. The molecule has 0 N–H and O–H groups in total. The minimum absolute atomic E-state index is 0.0693. The summed E-state index contributed by atoms with van der Waals surface area (Å²) in [5, 5.41) is 0. The van der Waals surface area contributed by atoms with E-state index in [4.69, 9.17) is 37.9 Å². The summed E-state index contributed by atoms with van der Waals surface area (Å²) >= 11 is 0. The van der Waals surface area contributed by atoms with Crippen molar-refractivity contribution in [2.75, 3.05) is 55.9 Å². The molecule has 37 heavy (non-hydrogen) atoms. The van der Waals surface area contributed by atoms with Gasteiger partial charge in [0.25, 0.3) is 0 Å². The van der Waals surface area contributed by atoms with Gasteiger partial charge in [-0.25, -0.2) is 0 Å². The topological polar surface area (TPSA) is 73.8 Å². The van der Waals surface area contributed by atoms with Gasteiger partial charge in [0.15, 0.2) is 0 Å². The molecule has 2 aliphatic heterocycles. The molecular weight excluding hydrogens is 476 g/mol. The van der Waals surface area contributed by atoms with Gasteiger partial charge in [0, 0.05) is 19.8 Å². The van der Waals surface area contributed by atoms with Crippen molar-refractivity contribution in [1.29, 1.82) is 0 Å². The maximum absolute atomic E-state index is 5.51. The zero-order valence-electron chi connectivity index (χ0n) is 24.0. The third kappa shape index (κ3) is 8.23. The van der Waals surface area contributed by atoms with Crippen LogP contribution in [0.4, 0.5) is 0 Å². The maximum atomic E-state index is 5.51. The third-order valence-electron chi connectivity index (χ3n) is 6.38. The smallest absolute Gasteiger partial charge is 0.122 e. The lowest BCUT2D eigenvalue weighted by atomic mass is 9.86. The zero-order valence-corrected chi connectivity index (χ0v) is 24.0. The first-order valence-electron chi connectivity index (χ1n) is 12.3. The second-order valence-electron chi connectivity index (χ2n) is 9.80. The Hall–Kier alpha value is -2.52. The van der Waals surface area contributed by atoms with Crippen LogP contribution in [0.15, 0.2) is 36.4 Å². The molecule has 0 radical (unpaired) electrons. The molecule has 8 nitrogen and oxygen atoms in total. The van der Waals surface area contributed by atoms with Crippen LogP contribution in [0.1, 0.15) is 31.9 Å². The molecule has 0 spiro atoms. The molecule has 2 aromatic carbocycles. The van der Waals surface area contributed by atoms with Gasteiger partial charge in [0.1, 0.15) is 47.4 Å². The van der Waals surface area contributed by atoms with Crippen molar-refractivity contribution in [2.45, 2.75) is 57.5 Å². The van der Waals surface area contributed by atoms with Crippen LogP contribution in [-0.2, 0) is 24.4 Å². The first kappa shape index (κ1) is 30.7. The largest absolute Gasteiger partial charge is 0.497 e. The van der Waals surface area contributed by atoms with Gasteiger partial charge in [0.05, 0.1) is 41.7 Å². The van der Waals surface area contributed by atoms with Crippen molar-refractivity contribution in [2.24, 2.45) is 0 Å². The number of methoxy groups -OCH3 is 6. The molecule has 2 heterocycles. The van der Waals surface area contributed by atoms with E-state index < -0.39 is 0 Å². The van der Waals surface area contributed by atoms with Gasteiger partial charge < -0.3 is 37.9 Å². The van der Waals surface area contributed by atoms with Gasteiger partial charge in [0.2, 0.25) is 0 Å². The second kappa shape index (κ2) is 14.4. The van der Waals surface area contributed by atoms with Crippen LogP contribution in [0.25, 0.3) is 0 Å². The molecule has 0 aliphatic carbocycles. The Balaban J connectivity index is 0.000000197. The van der Waals surface area contributed by atoms with Crippen molar-refractivity contribution < 1.29 is 37.9 Å². The number of hydrogen-bond acceptors (Lipinski definition) is 8. The van der Waals surface area contributed by atoms with Crippen molar-refractivity contribution in [3.05, 3.63) is 47.5 Å². The molecule has 0 aromatic heterocycles. The van der Waals surface area contributed by atoms with Gasteiger partial charge in [-0.2, -0.15) is 0 Å². The van der Waals surface area contributed by atoms with Crippen LogP contribution in [0, 0.1) is 6.92 Å². The van der Waals surface area contributed by atoms with E-state index in [0.717, 1.165) is 28.6 Å². The molecule has 8 heteroatoms. The average Bonchev–Trinajstić information content (AvgIpc) is 3.50. The molecule has 2 fully saturated rings. The molecule has 4 rings (SSSR count). The van der Waals surface area contributed by atoms with Crippen LogP contribution in [0.2, 0.25) is 0 Å². The van der Waals surface area contributed by atoms with Crippen molar-refractivity contribution in [3.63, 3.8) is 0 Å². The zero-order chi connectivity index (χ0) is 27.6. The summed E-state index contributed by atoms with van der Waals surface area (Å²) in [5.41, 5.74) is 2.33. The third-order valence-corrected chi connectivity index (χ3v) is 6.38. The lowest BCUT2D eigenvalue weighted by molar-refractivity contribution is -0.0267. The molecule has 2 saturated heterocycles. The predicted octanol–water partition coefficient (Wildman–Crippen LogP) is 4.83. The van der Waals surface area contributed by atoms with E-state index in [2.05, 4.69) is 20.8 Å². The van der Waals surface area contributed by atoms with E-state index in [1.54, 1.807) is 42.7 Å². The fourth-order valence-electron chi connectivity index (χ4n) is 4.21. The summed E-state index contributed by atoms with van der Waals surface area (Å²) in [7, 11) is 10.0. The Kier molecular flexibility index (Phi) is 12.0. The van der Waals surface area contributed by atoms with E-state index in [9.17, 15) is 0 Å². The molecule has 0 saturated carbocycles. The fraction of sp³-hybridized carbons (Fsp3) is 0.586. The molecule has 2 aliphatic rings. The normalized spacial score (nSPS) is 22.1. The molecule has 0 bridgehead atoms. The Morgan fingerprint density at radius 2 is 1.11 bits per heavy atom. The average molecular weight is 521 g/mol. The highest BCUT2D eigenvalue weighted by molar-refractivity contribution is 5.44. The van der Waals surface area contributed by atoms with E-state index in [1.165, 1.54) is 5.56 Å². The summed E-state index contributed by atoms with van der Waals surface area (Å²) in [4.78, 5) is 0. The van der Waals surface area contributed by atoms with Gasteiger partial charge in [-0.3, -0.25) is 0 Å².